The van der Waals surface area contributed by atoms with Gasteiger partial charge in [0.1, 0.15) is 4.88 Å². The molecule has 0 aliphatic carbocycles. The molecule has 150 valence electrons. The molecule has 0 bridgehead atoms. The molecule has 1 aromatic carbocycles. The molecule has 0 unspecified atom stereocenters. The van der Waals surface area contributed by atoms with Gasteiger partial charge >= 0.3 is 0 Å². The van der Waals surface area contributed by atoms with Gasteiger partial charge in [0.15, 0.2) is 0 Å². The number of benzene rings is 1. The minimum Gasteiger partial charge on any atom is -0.338 e. The SMILES string of the molecule is CCCc1nnsc1C(=O)N1CCC2(CC1)C[C@H](c1ccccc1)CN(C)C2. The second-order valence-corrected chi connectivity index (χ2v) is 9.35. The molecule has 28 heavy (non-hydrogen) atoms. The van der Waals surface area contributed by atoms with E-state index in [0.717, 1.165) is 62.4 Å². The maximum absolute atomic E-state index is 13.0. The highest BCUT2D eigenvalue weighted by Crippen LogP contribution is 2.44. The number of nitrogens with zero attached hydrogens (tertiary/aromatic N) is 4. The summed E-state index contributed by atoms with van der Waals surface area (Å²) in [5, 5.41) is 4.17. The largest absolute Gasteiger partial charge is 0.338 e. The molecule has 4 rings (SSSR count). The zero-order chi connectivity index (χ0) is 19.6. The lowest BCUT2D eigenvalue weighted by molar-refractivity contribution is 0.0226. The van der Waals surface area contributed by atoms with E-state index in [9.17, 15) is 4.79 Å². The van der Waals surface area contributed by atoms with E-state index in [1.807, 2.05) is 4.90 Å². The highest BCUT2D eigenvalue weighted by molar-refractivity contribution is 7.08. The number of rotatable bonds is 4. The summed E-state index contributed by atoms with van der Waals surface area (Å²) in [6.45, 7) is 6.07. The second kappa shape index (κ2) is 8.29. The molecule has 6 heteroatoms. The number of amides is 1. The van der Waals surface area contributed by atoms with Crippen molar-refractivity contribution < 1.29 is 4.79 Å². The van der Waals surface area contributed by atoms with E-state index >= 15 is 0 Å². The molecular weight excluding hydrogens is 368 g/mol. The fraction of sp³-hybridized carbons (Fsp3) is 0.591. The Labute approximate surface area is 171 Å². The van der Waals surface area contributed by atoms with Gasteiger partial charge in [-0.05, 0) is 61.2 Å². The Morgan fingerprint density at radius 3 is 2.71 bits per heavy atom. The summed E-state index contributed by atoms with van der Waals surface area (Å²) >= 11 is 1.26. The number of hydrogen-bond acceptors (Lipinski definition) is 5. The van der Waals surface area contributed by atoms with Crippen LogP contribution in [0.1, 0.15) is 59.5 Å². The molecule has 1 amide bonds. The molecule has 1 spiro atoms. The molecule has 2 saturated heterocycles. The predicted molar refractivity (Wildman–Crippen MR) is 113 cm³/mol. The number of piperidine rings is 2. The Morgan fingerprint density at radius 1 is 1.25 bits per heavy atom. The molecule has 2 fully saturated rings. The van der Waals surface area contributed by atoms with E-state index in [2.05, 4.69) is 58.8 Å². The van der Waals surface area contributed by atoms with Crippen molar-refractivity contribution in [1.82, 2.24) is 19.4 Å². The highest BCUT2D eigenvalue weighted by Gasteiger charge is 2.42. The zero-order valence-electron chi connectivity index (χ0n) is 16.9. The molecule has 1 aromatic heterocycles. The van der Waals surface area contributed by atoms with Crippen LogP contribution in [0.3, 0.4) is 0 Å². The molecule has 0 saturated carbocycles. The van der Waals surface area contributed by atoms with E-state index in [1.54, 1.807) is 0 Å². The summed E-state index contributed by atoms with van der Waals surface area (Å²) in [4.78, 5) is 18.3. The normalized spacial score (nSPS) is 22.5. The van der Waals surface area contributed by atoms with Crippen molar-refractivity contribution in [1.29, 1.82) is 0 Å². The Balaban J connectivity index is 1.44. The molecule has 0 radical (unpaired) electrons. The first-order valence-corrected chi connectivity index (χ1v) is 11.2. The van der Waals surface area contributed by atoms with Gasteiger partial charge < -0.3 is 9.80 Å². The quantitative estimate of drug-likeness (QED) is 0.785. The van der Waals surface area contributed by atoms with E-state index in [-0.39, 0.29) is 5.91 Å². The monoisotopic (exact) mass is 398 g/mol. The highest BCUT2D eigenvalue weighted by atomic mass is 32.1. The number of hydrogen-bond donors (Lipinski definition) is 0. The smallest absolute Gasteiger partial charge is 0.267 e. The Morgan fingerprint density at radius 2 is 2.00 bits per heavy atom. The fourth-order valence-corrected chi connectivity index (χ4v) is 5.75. The topological polar surface area (TPSA) is 49.3 Å². The van der Waals surface area contributed by atoms with E-state index in [1.165, 1.54) is 23.5 Å². The van der Waals surface area contributed by atoms with E-state index in [4.69, 9.17) is 0 Å². The first kappa shape index (κ1) is 19.5. The molecular formula is C22H30N4OS. The summed E-state index contributed by atoms with van der Waals surface area (Å²) in [7, 11) is 2.24. The van der Waals surface area contributed by atoms with Crippen LogP contribution in [0.2, 0.25) is 0 Å². The third kappa shape index (κ3) is 3.98. The van der Waals surface area contributed by atoms with Gasteiger partial charge in [0.05, 0.1) is 5.69 Å². The summed E-state index contributed by atoms with van der Waals surface area (Å²) in [6.07, 6.45) is 5.22. The van der Waals surface area contributed by atoms with Gasteiger partial charge in [0.2, 0.25) is 0 Å². The van der Waals surface area contributed by atoms with Gasteiger partial charge in [-0.3, -0.25) is 4.79 Å². The van der Waals surface area contributed by atoms with Gasteiger partial charge in [-0.15, -0.1) is 5.10 Å². The van der Waals surface area contributed by atoms with Crippen molar-refractivity contribution in [3.8, 4) is 0 Å². The molecule has 2 aromatic rings. The molecule has 2 aliphatic rings. The average Bonchev–Trinajstić information content (AvgIpc) is 3.17. The van der Waals surface area contributed by atoms with Crippen LogP contribution in [0.4, 0.5) is 0 Å². The molecule has 5 nitrogen and oxygen atoms in total. The Bertz CT molecular complexity index is 798. The van der Waals surface area contributed by atoms with Crippen molar-refractivity contribution in [3.05, 3.63) is 46.5 Å². The van der Waals surface area contributed by atoms with Crippen LogP contribution in [0.15, 0.2) is 30.3 Å². The Kier molecular flexibility index (Phi) is 5.78. The number of aryl methyl sites for hydroxylation is 1. The lowest BCUT2D eigenvalue weighted by Gasteiger charge is -2.49. The average molecular weight is 399 g/mol. The van der Waals surface area contributed by atoms with Gasteiger partial charge in [-0.25, -0.2) is 0 Å². The first-order chi connectivity index (χ1) is 13.6. The van der Waals surface area contributed by atoms with Crippen LogP contribution in [-0.4, -0.2) is 58.5 Å². The van der Waals surface area contributed by atoms with Crippen molar-refractivity contribution in [2.45, 2.75) is 44.9 Å². The van der Waals surface area contributed by atoms with Crippen LogP contribution in [0.5, 0.6) is 0 Å². The third-order valence-electron chi connectivity index (χ3n) is 6.44. The second-order valence-electron chi connectivity index (χ2n) is 8.60. The van der Waals surface area contributed by atoms with Crippen LogP contribution in [0, 0.1) is 5.41 Å². The lowest BCUT2D eigenvalue weighted by atomic mass is 9.68. The van der Waals surface area contributed by atoms with Gasteiger partial charge in [0, 0.05) is 26.2 Å². The van der Waals surface area contributed by atoms with Crippen LogP contribution >= 0.6 is 11.5 Å². The van der Waals surface area contributed by atoms with Crippen molar-refractivity contribution in [3.63, 3.8) is 0 Å². The summed E-state index contributed by atoms with van der Waals surface area (Å²) in [6, 6.07) is 10.9. The van der Waals surface area contributed by atoms with Crippen molar-refractivity contribution in [2.24, 2.45) is 5.41 Å². The Hall–Kier alpha value is -1.79. The van der Waals surface area contributed by atoms with Gasteiger partial charge in [-0.1, -0.05) is 48.2 Å². The predicted octanol–water partition coefficient (Wildman–Crippen LogP) is 3.83. The van der Waals surface area contributed by atoms with Gasteiger partial charge in [0.25, 0.3) is 5.91 Å². The number of carbonyl (C=O) groups excluding carboxylic acids is 1. The first-order valence-electron chi connectivity index (χ1n) is 10.4. The van der Waals surface area contributed by atoms with E-state index in [0.29, 0.717) is 11.3 Å². The molecule has 1 atom stereocenters. The van der Waals surface area contributed by atoms with Crippen molar-refractivity contribution >= 4 is 17.4 Å². The molecule has 0 N–H and O–H groups in total. The standard InChI is InChI=1S/C22H30N4OS/c1-3-7-19-20(28-24-23-19)21(27)26-12-10-22(11-13-26)14-18(15-25(2)16-22)17-8-5-4-6-9-17/h4-6,8-9,18H,3,7,10-16H2,1-2H3/t18-/m0/s1. The molecule has 2 aliphatic heterocycles. The van der Waals surface area contributed by atoms with Crippen LogP contribution < -0.4 is 0 Å². The maximum Gasteiger partial charge on any atom is 0.267 e. The third-order valence-corrected chi connectivity index (χ3v) is 7.19. The maximum atomic E-state index is 13.0. The number of aromatic nitrogens is 2. The molecule has 3 heterocycles. The zero-order valence-corrected chi connectivity index (χ0v) is 17.7. The summed E-state index contributed by atoms with van der Waals surface area (Å²) in [5.74, 6) is 0.723. The van der Waals surface area contributed by atoms with Crippen LogP contribution in [0.25, 0.3) is 0 Å². The van der Waals surface area contributed by atoms with Crippen molar-refractivity contribution in [2.75, 3.05) is 33.2 Å². The van der Waals surface area contributed by atoms with E-state index < -0.39 is 0 Å². The fourth-order valence-electron chi connectivity index (χ4n) is 5.08. The van der Waals surface area contributed by atoms with Gasteiger partial charge in [-0.2, -0.15) is 0 Å². The summed E-state index contributed by atoms with van der Waals surface area (Å²) in [5.41, 5.74) is 2.65. The number of likely N-dealkylation sites (N-methyl/N-ethyl adjacent to an activating group) is 1. The lowest BCUT2D eigenvalue weighted by Crippen LogP contribution is -2.51. The van der Waals surface area contributed by atoms with Crippen LogP contribution in [-0.2, 0) is 6.42 Å². The minimum absolute atomic E-state index is 0.136. The minimum atomic E-state index is 0.136. The number of likely N-dealkylation sites (tertiary alicyclic amines) is 2. The summed E-state index contributed by atoms with van der Waals surface area (Å²) < 4.78 is 4.03. The number of carbonyl (C=O) groups is 1.